The van der Waals surface area contributed by atoms with E-state index in [9.17, 15) is 4.79 Å². The lowest BCUT2D eigenvalue weighted by molar-refractivity contribution is -0.120. The van der Waals surface area contributed by atoms with E-state index in [2.05, 4.69) is 54.2 Å². The Morgan fingerprint density at radius 3 is 2.67 bits per heavy atom. The van der Waals surface area contributed by atoms with E-state index in [0.29, 0.717) is 17.9 Å². The Morgan fingerprint density at radius 1 is 1.19 bits per heavy atom. The van der Waals surface area contributed by atoms with E-state index in [1.54, 1.807) is 0 Å². The van der Waals surface area contributed by atoms with Gasteiger partial charge in [-0.3, -0.25) is 9.69 Å². The van der Waals surface area contributed by atoms with Crippen LogP contribution in [0.3, 0.4) is 0 Å². The van der Waals surface area contributed by atoms with Crippen LogP contribution in [0.25, 0.3) is 0 Å². The largest absolute Gasteiger partial charge is 0.345 e. The van der Waals surface area contributed by atoms with Crippen LogP contribution >= 0.6 is 0 Å². The number of hydrogen-bond acceptors (Lipinski definition) is 5. The van der Waals surface area contributed by atoms with Gasteiger partial charge in [0, 0.05) is 49.7 Å². The van der Waals surface area contributed by atoms with E-state index in [1.165, 1.54) is 16.7 Å². The molecule has 1 saturated heterocycles. The molecule has 1 amide bonds. The minimum Gasteiger partial charge on any atom is -0.345 e. The first-order valence-electron chi connectivity index (χ1n) is 9.65. The first-order chi connectivity index (χ1) is 13.0. The van der Waals surface area contributed by atoms with E-state index in [4.69, 9.17) is 4.98 Å². The second-order valence-corrected chi connectivity index (χ2v) is 8.01. The molecule has 1 N–H and O–H groups in total. The van der Waals surface area contributed by atoms with Gasteiger partial charge in [-0.25, -0.2) is 9.97 Å². The second kappa shape index (κ2) is 7.27. The molecule has 2 aliphatic rings. The van der Waals surface area contributed by atoms with Gasteiger partial charge in [0.25, 0.3) is 0 Å². The summed E-state index contributed by atoms with van der Waals surface area (Å²) >= 11 is 0. The van der Waals surface area contributed by atoms with Crippen LogP contribution in [0, 0.1) is 19.8 Å². The smallest absolute Gasteiger partial charge is 0.227 e. The van der Waals surface area contributed by atoms with Gasteiger partial charge in [0.15, 0.2) is 0 Å². The van der Waals surface area contributed by atoms with Crippen molar-refractivity contribution in [3.8, 4) is 0 Å². The Kier molecular flexibility index (Phi) is 4.83. The molecule has 0 bridgehead atoms. The minimum absolute atomic E-state index is 0.471. The average molecular weight is 365 g/mol. The zero-order valence-corrected chi connectivity index (χ0v) is 16.3. The summed E-state index contributed by atoms with van der Waals surface area (Å²) in [7, 11) is 0. The normalized spacial score (nSPS) is 22.6. The van der Waals surface area contributed by atoms with Crippen LogP contribution in [-0.2, 0) is 17.9 Å². The van der Waals surface area contributed by atoms with E-state index in [1.807, 2.05) is 11.1 Å². The van der Waals surface area contributed by atoms with Crippen LogP contribution in [0.4, 0.5) is 11.6 Å². The summed E-state index contributed by atoms with van der Waals surface area (Å²) in [4.78, 5) is 24.7. The van der Waals surface area contributed by atoms with Crippen molar-refractivity contribution < 1.29 is 4.79 Å². The molecule has 1 aromatic carbocycles. The van der Waals surface area contributed by atoms with E-state index in [0.717, 1.165) is 50.4 Å². The van der Waals surface area contributed by atoms with Crippen molar-refractivity contribution in [3.05, 3.63) is 46.8 Å². The van der Waals surface area contributed by atoms with Crippen molar-refractivity contribution >= 4 is 18.0 Å². The quantitative estimate of drug-likeness (QED) is 0.844. The summed E-state index contributed by atoms with van der Waals surface area (Å²) in [5, 5.41) is 3.35. The number of aromatic nitrogens is 2. The molecule has 2 unspecified atom stereocenters. The number of amides is 1. The van der Waals surface area contributed by atoms with Gasteiger partial charge < -0.3 is 10.2 Å². The van der Waals surface area contributed by atoms with Crippen LogP contribution in [0.1, 0.15) is 35.7 Å². The van der Waals surface area contributed by atoms with Crippen LogP contribution in [0.15, 0.2) is 24.4 Å². The third-order valence-electron chi connectivity index (χ3n) is 5.67. The Labute approximate surface area is 160 Å². The van der Waals surface area contributed by atoms with Gasteiger partial charge in [0.1, 0.15) is 0 Å². The van der Waals surface area contributed by atoms with Crippen LogP contribution in [0.5, 0.6) is 0 Å². The highest BCUT2D eigenvalue weighted by molar-refractivity contribution is 5.56. The first kappa shape index (κ1) is 17.9. The molecule has 0 spiro atoms. The zero-order chi connectivity index (χ0) is 19.0. The maximum Gasteiger partial charge on any atom is 0.227 e. The topological polar surface area (TPSA) is 61.4 Å². The average Bonchev–Trinajstić information content (AvgIpc) is 3.03. The Morgan fingerprint density at radius 2 is 1.96 bits per heavy atom. The molecule has 1 fully saturated rings. The molecule has 0 aliphatic carbocycles. The zero-order valence-electron chi connectivity index (χ0n) is 16.3. The van der Waals surface area contributed by atoms with Gasteiger partial charge in [-0.2, -0.15) is 0 Å². The summed E-state index contributed by atoms with van der Waals surface area (Å²) in [5.41, 5.74) is 5.80. The van der Waals surface area contributed by atoms with Crippen molar-refractivity contribution in [1.82, 2.24) is 19.8 Å². The molecule has 0 saturated carbocycles. The number of hydrogen-bond donors (Lipinski definition) is 1. The maximum atomic E-state index is 11.0. The summed E-state index contributed by atoms with van der Waals surface area (Å²) < 4.78 is 0. The van der Waals surface area contributed by atoms with Crippen molar-refractivity contribution in [2.75, 3.05) is 18.4 Å². The highest BCUT2D eigenvalue weighted by Crippen LogP contribution is 2.30. The molecule has 0 radical (unpaired) electrons. The number of likely N-dealkylation sites (tertiary alicyclic amines) is 1. The monoisotopic (exact) mass is 365 g/mol. The predicted octanol–water partition coefficient (Wildman–Crippen LogP) is 3.02. The fourth-order valence-corrected chi connectivity index (χ4v) is 4.45. The summed E-state index contributed by atoms with van der Waals surface area (Å²) in [6.07, 6.45) is 3.95. The number of benzene rings is 1. The van der Waals surface area contributed by atoms with E-state index < -0.39 is 0 Å². The van der Waals surface area contributed by atoms with Crippen molar-refractivity contribution in [1.29, 1.82) is 0 Å². The summed E-state index contributed by atoms with van der Waals surface area (Å²) in [6, 6.07) is 6.87. The number of piperidine rings is 1. The highest BCUT2D eigenvalue weighted by atomic mass is 16.1. The minimum atomic E-state index is 0.471. The fourth-order valence-electron chi connectivity index (χ4n) is 4.45. The number of carbonyl (C=O) groups is 1. The predicted molar refractivity (Wildman–Crippen MR) is 106 cm³/mol. The van der Waals surface area contributed by atoms with Crippen molar-refractivity contribution in [3.63, 3.8) is 0 Å². The summed E-state index contributed by atoms with van der Waals surface area (Å²) in [5.74, 6) is 1.13. The molecule has 1 aromatic heterocycles. The molecule has 6 nitrogen and oxygen atoms in total. The van der Waals surface area contributed by atoms with Gasteiger partial charge in [-0.1, -0.05) is 13.0 Å². The fraction of sp³-hybridized carbons (Fsp3) is 0.476. The number of anilines is 2. The Balaban J connectivity index is 1.46. The molecule has 6 heteroatoms. The van der Waals surface area contributed by atoms with Gasteiger partial charge >= 0.3 is 0 Å². The molecule has 3 heterocycles. The van der Waals surface area contributed by atoms with Crippen LogP contribution in [0.2, 0.25) is 0 Å². The van der Waals surface area contributed by atoms with Gasteiger partial charge in [-0.15, -0.1) is 0 Å². The SMILES string of the molecule is Cc1cc(C)cc(Nc2ncc3c(n2)CN(C2CCN(C=O)CC2C)C3)c1. The number of aryl methyl sites for hydroxylation is 2. The van der Waals surface area contributed by atoms with Crippen LogP contribution in [-0.4, -0.2) is 45.3 Å². The number of nitrogens with one attached hydrogen (secondary N) is 1. The number of carbonyl (C=O) groups excluding carboxylic acids is 1. The molecule has 2 atom stereocenters. The molecular formula is C21H27N5O. The number of nitrogens with zero attached hydrogens (tertiary/aromatic N) is 4. The van der Waals surface area contributed by atoms with Gasteiger partial charge in [0.05, 0.1) is 5.69 Å². The third-order valence-corrected chi connectivity index (χ3v) is 5.67. The molecule has 142 valence electrons. The van der Waals surface area contributed by atoms with Gasteiger partial charge in [0.2, 0.25) is 12.4 Å². The Bertz CT molecular complexity index is 832. The van der Waals surface area contributed by atoms with Crippen molar-refractivity contribution in [2.24, 2.45) is 5.92 Å². The first-order valence-corrected chi connectivity index (χ1v) is 9.65. The lowest BCUT2D eigenvalue weighted by atomic mass is 9.93. The maximum absolute atomic E-state index is 11.0. The molecule has 2 aliphatic heterocycles. The standard InChI is InChI=1S/C21H27N5O/c1-14-6-15(2)8-18(7-14)23-21-22-9-17-11-26(12-19(17)24-21)20-4-5-25(13-27)10-16(20)3/h6-9,13,16,20H,4-5,10-12H2,1-3H3,(H,22,23,24). The van der Waals surface area contributed by atoms with Crippen LogP contribution < -0.4 is 5.32 Å². The molecule has 27 heavy (non-hydrogen) atoms. The third kappa shape index (κ3) is 3.81. The lowest BCUT2D eigenvalue weighted by Gasteiger charge is -2.39. The lowest BCUT2D eigenvalue weighted by Crippen LogP contribution is -2.48. The number of rotatable bonds is 4. The van der Waals surface area contributed by atoms with Gasteiger partial charge in [-0.05, 0) is 49.4 Å². The molecular weight excluding hydrogens is 338 g/mol. The van der Waals surface area contributed by atoms with Crippen molar-refractivity contribution in [2.45, 2.75) is 46.3 Å². The van der Waals surface area contributed by atoms with E-state index >= 15 is 0 Å². The Hall–Kier alpha value is -2.47. The summed E-state index contributed by atoms with van der Waals surface area (Å²) in [6.45, 7) is 9.86. The molecule has 2 aromatic rings. The number of fused-ring (bicyclic) bond motifs is 1. The highest BCUT2D eigenvalue weighted by Gasteiger charge is 2.34. The second-order valence-electron chi connectivity index (χ2n) is 8.01. The van der Waals surface area contributed by atoms with E-state index in [-0.39, 0.29) is 0 Å². The molecule has 4 rings (SSSR count).